The highest BCUT2D eigenvalue weighted by atomic mass is 32.1. The first-order valence-corrected chi connectivity index (χ1v) is 6.41. The van der Waals surface area contributed by atoms with Crippen molar-refractivity contribution in [3.05, 3.63) is 52.5 Å². The molecule has 0 unspecified atom stereocenters. The predicted molar refractivity (Wildman–Crippen MR) is 71.0 cm³/mol. The van der Waals surface area contributed by atoms with E-state index in [9.17, 15) is 0 Å². The summed E-state index contributed by atoms with van der Waals surface area (Å²) >= 11 is 1.76. The largest absolute Gasteiger partial charge is 0.327 e. The highest BCUT2D eigenvalue weighted by Gasteiger charge is 2.08. The van der Waals surface area contributed by atoms with Gasteiger partial charge in [-0.15, -0.1) is 11.3 Å². The van der Waals surface area contributed by atoms with Crippen molar-refractivity contribution in [2.45, 2.75) is 13.1 Å². The van der Waals surface area contributed by atoms with Crippen molar-refractivity contribution in [1.82, 2.24) is 9.55 Å². The maximum absolute atomic E-state index is 5.76. The molecule has 0 saturated heterocycles. The van der Waals surface area contributed by atoms with Gasteiger partial charge in [0.05, 0.1) is 6.54 Å². The monoisotopic (exact) mass is 243 g/mol. The Morgan fingerprint density at radius 1 is 1.29 bits per heavy atom. The van der Waals surface area contributed by atoms with E-state index in [0.717, 1.165) is 23.1 Å². The third kappa shape index (κ3) is 1.85. The molecular weight excluding hydrogens is 230 g/mol. The van der Waals surface area contributed by atoms with Crippen molar-refractivity contribution in [3.8, 4) is 0 Å². The van der Waals surface area contributed by atoms with Crippen molar-refractivity contribution < 1.29 is 0 Å². The molecule has 0 aliphatic heterocycles. The fourth-order valence-corrected chi connectivity index (χ4v) is 2.75. The molecule has 4 heteroatoms. The summed E-state index contributed by atoms with van der Waals surface area (Å²) in [7, 11) is 0. The molecule has 0 spiro atoms. The average molecular weight is 243 g/mol. The van der Waals surface area contributed by atoms with Crippen LogP contribution in [-0.2, 0) is 13.1 Å². The first kappa shape index (κ1) is 10.5. The topological polar surface area (TPSA) is 43.8 Å². The van der Waals surface area contributed by atoms with Gasteiger partial charge in [-0.25, -0.2) is 4.98 Å². The number of thiophene rings is 1. The van der Waals surface area contributed by atoms with Crippen LogP contribution in [0.4, 0.5) is 0 Å². The zero-order valence-corrected chi connectivity index (χ0v) is 10.2. The number of hydrogen-bond donors (Lipinski definition) is 1. The van der Waals surface area contributed by atoms with E-state index >= 15 is 0 Å². The van der Waals surface area contributed by atoms with Crippen LogP contribution in [0.3, 0.4) is 0 Å². The van der Waals surface area contributed by atoms with Gasteiger partial charge in [0.15, 0.2) is 0 Å². The Labute approximate surface area is 104 Å². The van der Waals surface area contributed by atoms with Crippen molar-refractivity contribution in [1.29, 1.82) is 0 Å². The minimum Gasteiger partial charge on any atom is -0.327 e. The molecule has 0 saturated carbocycles. The number of nitrogens with zero attached hydrogens (tertiary/aromatic N) is 2. The van der Waals surface area contributed by atoms with Gasteiger partial charge in [0, 0.05) is 29.2 Å². The second-order valence-corrected chi connectivity index (χ2v) is 4.97. The van der Waals surface area contributed by atoms with Crippen LogP contribution in [0.1, 0.15) is 10.4 Å². The Balaban J connectivity index is 2.10. The van der Waals surface area contributed by atoms with E-state index in [1.807, 2.05) is 12.3 Å². The van der Waals surface area contributed by atoms with Crippen LogP contribution < -0.4 is 5.73 Å². The van der Waals surface area contributed by atoms with Crippen molar-refractivity contribution in [3.63, 3.8) is 0 Å². The first-order chi connectivity index (χ1) is 8.38. The summed E-state index contributed by atoms with van der Waals surface area (Å²) in [6, 6.07) is 8.25. The second kappa shape index (κ2) is 4.31. The number of pyridine rings is 1. The van der Waals surface area contributed by atoms with Gasteiger partial charge >= 0.3 is 0 Å². The highest BCUT2D eigenvalue weighted by molar-refractivity contribution is 7.09. The maximum Gasteiger partial charge on any atom is 0.140 e. The van der Waals surface area contributed by atoms with E-state index < -0.39 is 0 Å². The molecular formula is C13H13N3S. The Kier molecular flexibility index (Phi) is 2.66. The Bertz CT molecular complexity index is 625. The van der Waals surface area contributed by atoms with E-state index in [4.69, 9.17) is 5.73 Å². The van der Waals surface area contributed by atoms with E-state index in [1.165, 1.54) is 4.88 Å². The molecule has 17 heavy (non-hydrogen) atoms. The van der Waals surface area contributed by atoms with Gasteiger partial charge in [-0.2, -0.15) is 0 Å². The van der Waals surface area contributed by atoms with Crippen LogP contribution in [-0.4, -0.2) is 9.55 Å². The molecule has 0 amide bonds. The molecule has 0 aromatic carbocycles. The molecule has 0 aliphatic carbocycles. The normalized spacial score (nSPS) is 11.1. The summed E-state index contributed by atoms with van der Waals surface area (Å²) in [6.45, 7) is 1.42. The third-order valence-corrected chi connectivity index (χ3v) is 3.70. The predicted octanol–water partition coefficient (Wildman–Crippen LogP) is 2.60. The minimum atomic E-state index is 0.555. The maximum atomic E-state index is 5.76. The van der Waals surface area contributed by atoms with Crippen LogP contribution >= 0.6 is 11.3 Å². The quantitative estimate of drug-likeness (QED) is 0.768. The molecule has 0 atom stereocenters. The molecule has 0 aliphatic rings. The molecule has 3 heterocycles. The molecule has 2 N–H and O–H groups in total. The smallest absolute Gasteiger partial charge is 0.140 e. The van der Waals surface area contributed by atoms with Crippen LogP contribution in [0.2, 0.25) is 0 Å². The fourth-order valence-electron chi connectivity index (χ4n) is 2.05. The van der Waals surface area contributed by atoms with Gasteiger partial charge in [0.1, 0.15) is 5.65 Å². The van der Waals surface area contributed by atoms with Gasteiger partial charge in [-0.05, 0) is 29.1 Å². The van der Waals surface area contributed by atoms with Gasteiger partial charge < -0.3 is 10.3 Å². The van der Waals surface area contributed by atoms with Crippen molar-refractivity contribution >= 4 is 22.4 Å². The lowest BCUT2D eigenvalue weighted by molar-refractivity contribution is 0.832. The molecule has 0 radical (unpaired) electrons. The van der Waals surface area contributed by atoms with E-state index in [2.05, 4.69) is 39.3 Å². The molecule has 0 fully saturated rings. The van der Waals surface area contributed by atoms with Gasteiger partial charge in [0.25, 0.3) is 0 Å². The second-order valence-electron chi connectivity index (χ2n) is 3.94. The lowest BCUT2D eigenvalue weighted by atomic mass is 10.2. The number of nitrogens with two attached hydrogens (primary N) is 1. The summed E-state index contributed by atoms with van der Waals surface area (Å²) < 4.78 is 2.17. The van der Waals surface area contributed by atoms with E-state index in [0.29, 0.717) is 6.54 Å². The van der Waals surface area contributed by atoms with Gasteiger partial charge in [-0.1, -0.05) is 6.07 Å². The third-order valence-electron chi connectivity index (χ3n) is 2.84. The fraction of sp³-hybridized carbons (Fsp3) is 0.154. The van der Waals surface area contributed by atoms with Gasteiger partial charge in [0.2, 0.25) is 0 Å². The Morgan fingerprint density at radius 2 is 2.24 bits per heavy atom. The lowest BCUT2D eigenvalue weighted by Gasteiger charge is -2.01. The zero-order chi connectivity index (χ0) is 11.7. The molecule has 3 rings (SSSR count). The average Bonchev–Trinajstić information content (AvgIpc) is 2.98. The molecule has 86 valence electrons. The molecule has 0 bridgehead atoms. The van der Waals surface area contributed by atoms with Crippen LogP contribution in [0, 0.1) is 0 Å². The summed E-state index contributed by atoms with van der Waals surface area (Å²) in [5, 5.41) is 3.25. The summed E-state index contributed by atoms with van der Waals surface area (Å²) in [5.74, 6) is 0. The minimum absolute atomic E-state index is 0.555. The number of fused-ring (bicyclic) bond motifs is 1. The highest BCUT2D eigenvalue weighted by Crippen LogP contribution is 2.21. The lowest BCUT2D eigenvalue weighted by Crippen LogP contribution is -1.97. The molecule has 3 aromatic heterocycles. The SMILES string of the molecule is NCc1cn(Cc2cccs2)c2ncccc12. The van der Waals surface area contributed by atoms with E-state index in [1.54, 1.807) is 11.3 Å². The summed E-state index contributed by atoms with van der Waals surface area (Å²) in [6.07, 6.45) is 3.94. The van der Waals surface area contributed by atoms with Crippen molar-refractivity contribution in [2.75, 3.05) is 0 Å². The molecule has 3 aromatic rings. The Morgan fingerprint density at radius 3 is 3.00 bits per heavy atom. The van der Waals surface area contributed by atoms with Crippen LogP contribution in [0.15, 0.2) is 42.0 Å². The number of aromatic nitrogens is 2. The van der Waals surface area contributed by atoms with Crippen LogP contribution in [0.5, 0.6) is 0 Å². The van der Waals surface area contributed by atoms with E-state index in [-0.39, 0.29) is 0 Å². The summed E-state index contributed by atoms with van der Waals surface area (Å²) in [4.78, 5) is 5.77. The summed E-state index contributed by atoms with van der Waals surface area (Å²) in [5.41, 5.74) is 7.94. The zero-order valence-electron chi connectivity index (χ0n) is 9.34. The number of rotatable bonds is 3. The molecule has 3 nitrogen and oxygen atoms in total. The Hall–Kier alpha value is -1.65. The number of hydrogen-bond acceptors (Lipinski definition) is 3. The van der Waals surface area contributed by atoms with Crippen LogP contribution in [0.25, 0.3) is 11.0 Å². The van der Waals surface area contributed by atoms with Crippen molar-refractivity contribution in [2.24, 2.45) is 5.73 Å². The van der Waals surface area contributed by atoms with Gasteiger partial charge in [-0.3, -0.25) is 0 Å². The standard InChI is InChI=1S/C13H13N3S/c14-7-10-8-16(9-11-3-2-6-17-11)13-12(10)4-1-5-15-13/h1-6,8H,7,9,14H2. The first-order valence-electron chi connectivity index (χ1n) is 5.53.